The minimum absolute atomic E-state index is 0.134. The topological polar surface area (TPSA) is 40.5 Å². The predicted octanol–water partition coefficient (Wildman–Crippen LogP) is 2.19. The monoisotopic (exact) mass is 188 g/mol. The lowest BCUT2D eigenvalue weighted by Crippen LogP contribution is -2.31. The van der Waals surface area contributed by atoms with Gasteiger partial charge in [0.15, 0.2) is 0 Å². The summed E-state index contributed by atoms with van der Waals surface area (Å²) in [6.45, 7) is 10.3. The van der Waals surface area contributed by atoms with E-state index in [9.17, 15) is 10.2 Å². The Kier molecular flexibility index (Phi) is 4.93. The first-order chi connectivity index (χ1) is 5.74. The van der Waals surface area contributed by atoms with Gasteiger partial charge in [-0.2, -0.15) is 0 Å². The second kappa shape index (κ2) is 4.97. The molecule has 13 heavy (non-hydrogen) atoms. The van der Waals surface area contributed by atoms with E-state index in [0.717, 1.165) is 6.42 Å². The average Bonchev–Trinajstić information content (AvgIpc) is 1.97. The van der Waals surface area contributed by atoms with Crippen LogP contribution >= 0.6 is 0 Å². The van der Waals surface area contributed by atoms with Gasteiger partial charge in [0, 0.05) is 0 Å². The molecule has 0 rings (SSSR count). The fourth-order valence-corrected chi connectivity index (χ4v) is 1.20. The molecule has 0 spiro atoms. The standard InChI is InChI=1S/C11H24O2/c1-8(2)10(13)9(12)6-7-11(3,4)5/h8-10,12-13H,6-7H2,1-5H3. The normalized spacial score (nSPS) is 17.5. The van der Waals surface area contributed by atoms with Crippen LogP contribution in [0.5, 0.6) is 0 Å². The highest BCUT2D eigenvalue weighted by molar-refractivity contribution is 4.73. The lowest BCUT2D eigenvalue weighted by atomic mass is 9.87. The Morgan fingerprint density at radius 3 is 1.85 bits per heavy atom. The lowest BCUT2D eigenvalue weighted by Gasteiger charge is -2.25. The number of hydrogen-bond donors (Lipinski definition) is 2. The van der Waals surface area contributed by atoms with Gasteiger partial charge in [-0.25, -0.2) is 0 Å². The molecule has 2 heteroatoms. The van der Waals surface area contributed by atoms with Crippen LogP contribution in [0.2, 0.25) is 0 Å². The van der Waals surface area contributed by atoms with Crippen molar-refractivity contribution in [2.24, 2.45) is 11.3 Å². The van der Waals surface area contributed by atoms with Crippen molar-refractivity contribution < 1.29 is 10.2 Å². The molecule has 0 heterocycles. The van der Waals surface area contributed by atoms with Gasteiger partial charge in [0.2, 0.25) is 0 Å². The summed E-state index contributed by atoms with van der Waals surface area (Å²) in [4.78, 5) is 0. The van der Waals surface area contributed by atoms with Crippen LogP contribution in [0, 0.1) is 11.3 Å². The molecule has 80 valence electrons. The van der Waals surface area contributed by atoms with Gasteiger partial charge in [0.25, 0.3) is 0 Å². The average molecular weight is 188 g/mol. The van der Waals surface area contributed by atoms with Crippen molar-refractivity contribution >= 4 is 0 Å². The zero-order valence-electron chi connectivity index (χ0n) is 9.54. The van der Waals surface area contributed by atoms with Crippen LogP contribution in [0.15, 0.2) is 0 Å². The van der Waals surface area contributed by atoms with E-state index in [0.29, 0.717) is 6.42 Å². The summed E-state index contributed by atoms with van der Waals surface area (Å²) in [6, 6.07) is 0. The van der Waals surface area contributed by atoms with Crippen molar-refractivity contribution in [1.82, 2.24) is 0 Å². The van der Waals surface area contributed by atoms with Crippen molar-refractivity contribution in [3.05, 3.63) is 0 Å². The van der Waals surface area contributed by atoms with E-state index in [-0.39, 0.29) is 11.3 Å². The van der Waals surface area contributed by atoms with Gasteiger partial charge in [0.05, 0.1) is 12.2 Å². The Morgan fingerprint density at radius 1 is 1.08 bits per heavy atom. The predicted molar refractivity (Wildman–Crippen MR) is 55.5 cm³/mol. The largest absolute Gasteiger partial charge is 0.390 e. The van der Waals surface area contributed by atoms with Crippen LogP contribution in [-0.2, 0) is 0 Å². The summed E-state index contributed by atoms with van der Waals surface area (Å²) >= 11 is 0. The smallest absolute Gasteiger partial charge is 0.0821 e. The molecule has 2 atom stereocenters. The second-order valence-electron chi connectivity index (χ2n) is 5.40. The fourth-order valence-electron chi connectivity index (χ4n) is 1.20. The maximum Gasteiger partial charge on any atom is 0.0821 e. The summed E-state index contributed by atoms with van der Waals surface area (Å²) in [5, 5.41) is 19.1. The van der Waals surface area contributed by atoms with Gasteiger partial charge >= 0.3 is 0 Å². The summed E-state index contributed by atoms with van der Waals surface area (Å²) in [5.74, 6) is 0.134. The van der Waals surface area contributed by atoms with Gasteiger partial charge in [-0.3, -0.25) is 0 Å². The van der Waals surface area contributed by atoms with Crippen LogP contribution in [-0.4, -0.2) is 22.4 Å². The summed E-state index contributed by atoms with van der Waals surface area (Å²) in [6.07, 6.45) is 0.474. The molecule has 2 unspecified atom stereocenters. The third-order valence-electron chi connectivity index (χ3n) is 2.27. The molecular formula is C11H24O2. The third kappa shape index (κ3) is 6.05. The van der Waals surface area contributed by atoms with Crippen molar-refractivity contribution in [2.75, 3.05) is 0 Å². The minimum Gasteiger partial charge on any atom is -0.390 e. The van der Waals surface area contributed by atoms with E-state index >= 15 is 0 Å². The van der Waals surface area contributed by atoms with E-state index in [1.54, 1.807) is 0 Å². The van der Waals surface area contributed by atoms with Crippen molar-refractivity contribution in [3.63, 3.8) is 0 Å². The van der Waals surface area contributed by atoms with Gasteiger partial charge in [-0.15, -0.1) is 0 Å². The molecule has 0 aromatic rings. The van der Waals surface area contributed by atoms with Crippen LogP contribution in [0.3, 0.4) is 0 Å². The molecule has 0 aromatic carbocycles. The SMILES string of the molecule is CC(C)C(O)C(O)CCC(C)(C)C. The number of hydrogen-bond acceptors (Lipinski definition) is 2. The zero-order valence-corrected chi connectivity index (χ0v) is 9.54. The van der Waals surface area contributed by atoms with E-state index in [4.69, 9.17) is 0 Å². The minimum atomic E-state index is -0.581. The fraction of sp³-hybridized carbons (Fsp3) is 1.00. The molecule has 0 bridgehead atoms. The van der Waals surface area contributed by atoms with Crippen LogP contribution in [0.4, 0.5) is 0 Å². The lowest BCUT2D eigenvalue weighted by molar-refractivity contribution is -0.0169. The number of aliphatic hydroxyl groups excluding tert-OH is 2. The van der Waals surface area contributed by atoms with Crippen molar-refractivity contribution in [3.8, 4) is 0 Å². The molecule has 0 fully saturated rings. The van der Waals surface area contributed by atoms with Gasteiger partial charge in [0.1, 0.15) is 0 Å². The summed E-state index contributed by atoms with van der Waals surface area (Å²) < 4.78 is 0. The first kappa shape index (κ1) is 12.9. The van der Waals surface area contributed by atoms with E-state index < -0.39 is 12.2 Å². The highest BCUT2D eigenvalue weighted by Gasteiger charge is 2.21. The first-order valence-electron chi connectivity index (χ1n) is 5.10. The zero-order chi connectivity index (χ0) is 10.6. The molecule has 0 aromatic heterocycles. The van der Waals surface area contributed by atoms with Crippen LogP contribution in [0.1, 0.15) is 47.5 Å². The van der Waals surface area contributed by atoms with Crippen LogP contribution in [0.25, 0.3) is 0 Å². The second-order valence-corrected chi connectivity index (χ2v) is 5.40. The van der Waals surface area contributed by atoms with Crippen molar-refractivity contribution in [1.29, 1.82) is 0 Å². The Balaban J connectivity index is 3.81. The number of aliphatic hydroxyl groups is 2. The molecule has 2 N–H and O–H groups in total. The van der Waals surface area contributed by atoms with E-state index in [1.807, 2.05) is 13.8 Å². The van der Waals surface area contributed by atoms with Gasteiger partial charge in [-0.1, -0.05) is 34.6 Å². The molecule has 0 aliphatic heterocycles. The molecule has 0 aliphatic rings. The third-order valence-corrected chi connectivity index (χ3v) is 2.27. The van der Waals surface area contributed by atoms with E-state index in [2.05, 4.69) is 20.8 Å². The maximum atomic E-state index is 9.60. The Bertz CT molecular complexity index is 136. The molecule has 0 amide bonds. The molecule has 2 nitrogen and oxygen atoms in total. The maximum absolute atomic E-state index is 9.60. The molecule has 0 aliphatic carbocycles. The Hall–Kier alpha value is -0.0800. The van der Waals surface area contributed by atoms with E-state index in [1.165, 1.54) is 0 Å². The summed E-state index contributed by atoms with van der Waals surface area (Å²) in [7, 11) is 0. The Morgan fingerprint density at radius 2 is 1.54 bits per heavy atom. The molecule has 0 saturated carbocycles. The van der Waals surface area contributed by atoms with Gasteiger partial charge in [-0.05, 0) is 24.2 Å². The van der Waals surface area contributed by atoms with Gasteiger partial charge < -0.3 is 10.2 Å². The molecule has 0 saturated heterocycles. The quantitative estimate of drug-likeness (QED) is 0.710. The molecular weight excluding hydrogens is 164 g/mol. The van der Waals surface area contributed by atoms with Crippen molar-refractivity contribution in [2.45, 2.75) is 59.7 Å². The number of rotatable bonds is 4. The first-order valence-corrected chi connectivity index (χ1v) is 5.10. The highest BCUT2D eigenvalue weighted by Crippen LogP contribution is 2.23. The van der Waals surface area contributed by atoms with Crippen LogP contribution < -0.4 is 0 Å². The molecule has 0 radical (unpaired) electrons. The summed E-state index contributed by atoms with van der Waals surface area (Å²) in [5.41, 5.74) is 0.234. The highest BCUT2D eigenvalue weighted by atomic mass is 16.3. The Labute approximate surface area is 82.0 Å².